The smallest absolute Gasteiger partial charge is 0.116 e. The number of methoxy groups -OCH3 is 1. The van der Waals surface area contributed by atoms with Crippen molar-refractivity contribution in [3.8, 4) is 0 Å². The van der Waals surface area contributed by atoms with Crippen LogP contribution < -0.4 is 14.7 Å². The van der Waals surface area contributed by atoms with Crippen LogP contribution in [-0.2, 0) is 15.7 Å². The van der Waals surface area contributed by atoms with Crippen LogP contribution in [0.1, 0.15) is 6.92 Å². The van der Waals surface area contributed by atoms with E-state index in [0.717, 1.165) is 16.1 Å². The molecule has 0 saturated carbocycles. The van der Waals surface area contributed by atoms with E-state index in [9.17, 15) is 4.21 Å². The van der Waals surface area contributed by atoms with Crippen LogP contribution in [0.5, 0.6) is 0 Å². The first kappa shape index (κ1) is 15.2. The molecule has 1 aromatic carbocycles. The highest BCUT2D eigenvalue weighted by Crippen LogP contribution is 2.12. The molecule has 0 aliphatic carbocycles. The lowest BCUT2D eigenvalue weighted by Gasteiger charge is -2.21. The predicted molar refractivity (Wildman–Crippen MR) is 79.4 cm³/mol. The highest BCUT2D eigenvalue weighted by atomic mass is 35.5. The molecular weight excluding hydrogens is 270 g/mol. The summed E-state index contributed by atoms with van der Waals surface area (Å²) in [6, 6.07) is 5.67. The van der Waals surface area contributed by atoms with Crippen molar-refractivity contribution >= 4 is 39.9 Å². The van der Waals surface area contributed by atoms with Gasteiger partial charge in [-0.25, -0.2) is 4.21 Å². The number of nitrogens with zero attached hydrogens (tertiary/aromatic N) is 1. The average Bonchev–Trinajstić information content (AvgIpc) is 2.30. The van der Waals surface area contributed by atoms with Gasteiger partial charge in [0, 0.05) is 24.1 Å². The molecule has 5 heteroatoms. The van der Waals surface area contributed by atoms with E-state index in [1.54, 1.807) is 17.7 Å². The molecule has 1 aromatic rings. The van der Waals surface area contributed by atoms with E-state index >= 15 is 0 Å². The fourth-order valence-corrected chi connectivity index (χ4v) is 2.54. The van der Waals surface area contributed by atoms with Crippen LogP contribution >= 0.6 is 11.6 Å². The van der Waals surface area contributed by atoms with E-state index in [2.05, 4.69) is 6.58 Å². The number of rotatable bonds is 5. The monoisotopic (exact) mass is 287 g/mol. The van der Waals surface area contributed by atoms with Gasteiger partial charge in [-0.3, -0.25) is 4.31 Å². The lowest BCUT2D eigenvalue weighted by molar-refractivity contribution is 0.208. The molecule has 18 heavy (non-hydrogen) atoms. The van der Waals surface area contributed by atoms with Crippen LogP contribution in [0.2, 0.25) is 0 Å². The Balaban J connectivity index is 3.22. The van der Waals surface area contributed by atoms with Crippen LogP contribution in [-0.4, -0.2) is 30.7 Å². The van der Waals surface area contributed by atoms with Crippen LogP contribution in [0.25, 0.3) is 11.6 Å². The summed E-state index contributed by atoms with van der Waals surface area (Å²) >= 11 is 6.03. The van der Waals surface area contributed by atoms with Gasteiger partial charge in [0.15, 0.2) is 0 Å². The minimum atomic E-state index is -1.10. The van der Waals surface area contributed by atoms with Crippen LogP contribution in [0.4, 0.5) is 5.69 Å². The molecule has 100 valence electrons. The summed E-state index contributed by atoms with van der Waals surface area (Å²) in [4.78, 5) is 0. The summed E-state index contributed by atoms with van der Waals surface area (Å²) < 4.78 is 18.5. The van der Waals surface area contributed by atoms with Crippen molar-refractivity contribution in [1.29, 1.82) is 0 Å². The highest BCUT2D eigenvalue weighted by Gasteiger charge is 2.09. The Morgan fingerprint density at radius 3 is 2.72 bits per heavy atom. The van der Waals surface area contributed by atoms with E-state index < -0.39 is 11.0 Å². The number of benzene rings is 1. The summed E-state index contributed by atoms with van der Waals surface area (Å²) in [5.74, 6) is 0. The van der Waals surface area contributed by atoms with E-state index in [1.165, 1.54) is 0 Å². The molecule has 0 aliphatic heterocycles. The maximum Gasteiger partial charge on any atom is 0.116 e. The predicted octanol–water partition coefficient (Wildman–Crippen LogP) is 1.21. The second-order valence-electron chi connectivity index (χ2n) is 3.89. The first-order chi connectivity index (χ1) is 8.47. The lowest BCUT2D eigenvalue weighted by atomic mass is 10.2. The van der Waals surface area contributed by atoms with Crippen molar-refractivity contribution in [2.45, 2.75) is 6.92 Å². The van der Waals surface area contributed by atoms with Crippen molar-refractivity contribution in [2.75, 3.05) is 30.8 Å². The Labute approximate surface area is 115 Å². The second-order valence-corrected chi connectivity index (χ2v) is 5.75. The van der Waals surface area contributed by atoms with Gasteiger partial charge >= 0.3 is 0 Å². The zero-order valence-corrected chi connectivity index (χ0v) is 12.5. The van der Waals surface area contributed by atoms with Crippen molar-refractivity contribution in [3.05, 3.63) is 28.6 Å². The third-order valence-corrected chi connectivity index (χ3v) is 3.78. The molecule has 0 aliphatic rings. The van der Waals surface area contributed by atoms with Crippen molar-refractivity contribution < 1.29 is 8.95 Å². The minimum absolute atomic E-state index is 0.518. The molecule has 0 amide bonds. The summed E-state index contributed by atoms with van der Waals surface area (Å²) in [7, 11) is 0.520. The van der Waals surface area contributed by atoms with Crippen molar-refractivity contribution in [1.82, 2.24) is 0 Å². The van der Waals surface area contributed by atoms with Gasteiger partial charge in [-0.2, -0.15) is 0 Å². The number of anilines is 1. The van der Waals surface area contributed by atoms with E-state index in [4.69, 9.17) is 16.3 Å². The van der Waals surface area contributed by atoms with E-state index in [1.807, 2.05) is 25.1 Å². The molecule has 1 atom stereocenters. The van der Waals surface area contributed by atoms with Gasteiger partial charge in [0.05, 0.1) is 13.2 Å². The summed E-state index contributed by atoms with van der Waals surface area (Å²) in [5.41, 5.74) is 0.857. The Hall–Kier alpha value is -0.840. The SMILES string of the molecule is C=c1ccc(N(CCOC)S(C)=O)c/c1=C(/C)Cl. The molecule has 3 nitrogen and oxygen atoms in total. The molecule has 0 heterocycles. The fraction of sp³-hybridized carbons (Fsp3) is 0.385. The van der Waals surface area contributed by atoms with Crippen LogP contribution in [0.15, 0.2) is 18.2 Å². The molecule has 0 fully saturated rings. The van der Waals surface area contributed by atoms with E-state index in [-0.39, 0.29) is 0 Å². The van der Waals surface area contributed by atoms with Gasteiger partial charge in [-0.1, -0.05) is 24.2 Å². The number of halogens is 1. The maximum atomic E-state index is 11.7. The Kier molecular flexibility index (Phi) is 5.85. The number of ether oxygens (including phenoxy) is 1. The summed E-state index contributed by atoms with van der Waals surface area (Å²) in [6.45, 7) is 6.83. The molecule has 1 rings (SSSR count). The summed E-state index contributed by atoms with van der Waals surface area (Å²) in [6.07, 6.45) is 1.64. The second kappa shape index (κ2) is 6.92. The quantitative estimate of drug-likeness (QED) is 0.815. The molecular formula is C13H18ClNO2S. The Morgan fingerprint density at radius 2 is 2.22 bits per heavy atom. The molecule has 0 aromatic heterocycles. The van der Waals surface area contributed by atoms with Gasteiger partial charge in [-0.05, 0) is 29.5 Å². The highest BCUT2D eigenvalue weighted by molar-refractivity contribution is 7.85. The maximum absolute atomic E-state index is 11.7. The average molecular weight is 288 g/mol. The Bertz CT molecular complexity index is 540. The first-order valence-electron chi connectivity index (χ1n) is 5.52. The topological polar surface area (TPSA) is 29.5 Å². The lowest BCUT2D eigenvalue weighted by Crippen LogP contribution is -2.32. The zero-order chi connectivity index (χ0) is 13.7. The first-order valence-corrected chi connectivity index (χ1v) is 7.42. The molecule has 0 radical (unpaired) electrons. The molecule has 0 saturated heterocycles. The van der Waals surface area contributed by atoms with E-state index in [0.29, 0.717) is 18.2 Å². The third kappa shape index (κ3) is 3.83. The molecule has 0 bridgehead atoms. The van der Waals surface area contributed by atoms with Crippen molar-refractivity contribution in [3.63, 3.8) is 0 Å². The van der Waals surface area contributed by atoms with Gasteiger partial charge < -0.3 is 4.74 Å². The van der Waals surface area contributed by atoms with Crippen LogP contribution in [0.3, 0.4) is 0 Å². The van der Waals surface area contributed by atoms with Gasteiger partial charge in [-0.15, -0.1) is 0 Å². The van der Waals surface area contributed by atoms with Gasteiger partial charge in [0.1, 0.15) is 11.0 Å². The molecule has 0 spiro atoms. The number of hydrogen-bond donors (Lipinski definition) is 0. The standard InChI is InChI=1S/C13H18ClNO2S/c1-10-5-6-12(9-13(10)11(2)14)15(18(4)16)7-8-17-3/h5-6,9H,1,7-8H2,2-4H3/b13-11+. The number of hydrogen-bond acceptors (Lipinski definition) is 2. The normalized spacial score (nSPS) is 14.2. The Morgan fingerprint density at radius 1 is 1.56 bits per heavy atom. The molecule has 0 N–H and O–H groups in total. The fourth-order valence-electron chi connectivity index (χ4n) is 1.62. The molecule has 1 unspecified atom stereocenters. The minimum Gasteiger partial charge on any atom is -0.383 e. The summed E-state index contributed by atoms with van der Waals surface area (Å²) in [5, 5.41) is 2.41. The largest absolute Gasteiger partial charge is 0.383 e. The third-order valence-electron chi connectivity index (χ3n) is 2.56. The zero-order valence-electron chi connectivity index (χ0n) is 10.9. The van der Waals surface area contributed by atoms with Crippen molar-refractivity contribution in [2.24, 2.45) is 0 Å². The van der Waals surface area contributed by atoms with Gasteiger partial charge in [0.2, 0.25) is 0 Å². The van der Waals surface area contributed by atoms with Gasteiger partial charge in [0.25, 0.3) is 0 Å². The van der Waals surface area contributed by atoms with Crippen LogP contribution in [0, 0.1) is 0 Å².